The Morgan fingerprint density at radius 1 is 1.33 bits per heavy atom. The van der Waals surface area contributed by atoms with E-state index in [4.69, 9.17) is 11.6 Å². The van der Waals surface area contributed by atoms with Gasteiger partial charge in [0.25, 0.3) is 5.91 Å². The van der Waals surface area contributed by atoms with Crippen molar-refractivity contribution in [2.45, 2.75) is 38.6 Å². The molecule has 0 unspecified atom stereocenters. The third-order valence-corrected chi connectivity index (χ3v) is 4.27. The van der Waals surface area contributed by atoms with Gasteiger partial charge in [-0.05, 0) is 19.8 Å². The first-order chi connectivity index (χ1) is 10.1. The van der Waals surface area contributed by atoms with Gasteiger partial charge in [-0.25, -0.2) is 4.68 Å². The zero-order valence-corrected chi connectivity index (χ0v) is 12.9. The molecule has 0 aliphatic heterocycles. The van der Waals surface area contributed by atoms with Crippen LogP contribution in [-0.4, -0.2) is 25.5 Å². The smallest absolute Gasteiger partial charge is 0.276 e. The molecule has 1 saturated carbocycles. The third kappa shape index (κ3) is 2.55. The number of carbonyl (C=O) groups excluding carboxylic acids is 1. The Morgan fingerprint density at radius 3 is 2.67 bits per heavy atom. The van der Waals surface area contributed by atoms with Crippen molar-refractivity contribution < 1.29 is 4.79 Å². The maximum absolute atomic E-state index is 12.4. The summed E-state index contributed by atoms with van der Waals surface area (Å²) in [4.78, 5) is 12.4. The molecule has 0 aromatic carbocycles. The summed E-state index contributed by atoms with van der Waals surface area (Å²) < 4.78 is 3.41. The average Bonchev–Trinajstić information content (AvgIpc) is 3.14. The minimum absolute atomic E-state index is 0.261. The highest BCUT2D eigenvalue weighted by atomic mass is 35.5. The fourth-order valence-corrected chi connectivity index (χ4v) is 3.11. The summed E-state index contributed by atoms with van der Waals surface area (Å²) in [7, 11) is 1.70. The van der Waals surface area contributed by atoms with Gasteiger partial charge in [0, 0.05) is 12.6 Å². The van der Waals surface area contributed by atoms with Crippen molar-refractivity contribution in [3.63, 3.8) is 0 Å². The van der Waals surface area contributed by atoms with E-state index in [9.17, 15) is 4.79 Å². The SMILES string of the molecule is Cc1cnn(C2CCCC2)c1NC(=O)c1c(Cl)cnn1C. The van der Waals surface area contributed by atoms with Crippen molar-refractivity contribution >= 4 is 23.3 Å². The van der Waals surface area contributed by atoms with Gasteiger partial charge in [-0.15, -0.1) is 0 Å². The summed E-state index contributed by atoms with van der Waals surface area (Å²) in [5.74, 6) is 0.493. The van der Waals surface area contributed by atoms with Gasteiger partial charge >= 0.3 is 0 Å². The van der Waals surface area contributed by atoms with Crippen LogP contribution in [0.1, 0.15) is 47.8 Å². The second kappa shape index (κ2) is 5.52. The molecule has 2 aromatic rings. The molecule has 1 amide bonds. The molecule has 1 fully saturated rings. The zero-order chi connectivity index (χ0) is 15.0. The van der Waals surface area contributed by atoms with Gasteiger partial charge in [0.15, 0.2) is 0 Å². The first kappa shape index (κ1) is 14.1. The lowest BCUT2D eigenvalue weighted by Gasteiger charge is -2.15. The second-order valence-corrected chi connectivity index (χ2v) is 5.89. The number of halogens is 1. The summed E-state index contributed by atoms with van der Waals surface area (Å²) in [6.45, 7) is 1.94. The van der Waals surface area contributed by atoms with Crippen molar-refractivity contribution in [3.05, 3.63) is 28.7 Å². The number of aromatic nitrogens is 4. The van der Waals surface area contributed by atoms with Gasteiger partial charge in [0.1, 0.15) is 11.5 Å². The van der Waals surface area contributed by atoms with Crippen molar-refractivity contribution in [1.29, 1.82) is 0 Å². The highest BCUT2D eigenvalue weighted by Gasteiger charge is 2.24. The van der Waals surface area contributed by atoms with Crippen LogP contribution in [0.3, 0.4) is 0 Å². The van der Waals surface area contributed by atoms with Crippen molar-refractivity contribution in [1.82, 2.24) is 19.6 Å². The van der Waals surface area contributed by atoms with Crippen LogP contribution < -0.4 is 5.32 Å². The standard InChI is InChI=1S/C14H18ClN5O/c1-9-7-17-20(10-5-3-4-6-10)13(9)18-14(21)12-11(15)8-16-19(12)2/h7-8,10H,3-6H2,1-2H3,(H,18,21). The zero-order valence-electron chi connectivity index (χ0n) is 12.1. The number of amides is 1. The van der Waals surface area contributed by atoms with Crippen LogP contribution in [0.15, 0.2) is 12.4 Å². The molecule has 3 rings (SSSR count). The Labute approximate surface area is 128 Å². The van der Waals surface area contributed by atoms with Crippen LogP contribution in [0, 0.1) is 6.92 Å². The molecule has 6 nitrogen and oxygen atoms in total. The van der Waals surface area contributed by atoms with E-state index in [1.54, 1.807) is 13.2 Å². The molecule has 0 bridgehead atoms. The largest absolute Gasteiger partial charge is 0.305 e. The number of aryl methyl sites for hydroxylation is 2. The molecule has 1 aliphatic carbocycles. The van der Waals surface area contributed by atoms with Crippen LogP contribution >= 0.6 is 11.6 Å². The molecule has 0 saturated heterocycles. The molecule has 0 radical (unpaired) electrons. The lowest BCUT2D eigenvalue weighted by Crippen LogP contribution is -2.21. The fraction of sp³-hybridized carbons (Fsp3) is 0.500. The molecule has 7 heteroatoms. The number of nitrogens with zero attached hydrogens (tertiary/aromatic N) is 4. The lowest BCUT2D eigenvalue weighted by molar-refractivity contribution is 0.101. The van der Waals surface area contributed by atoms with Crippen molar-refractivity contribution in [2.75, 3.05) is 5.32 Å². The summed E-state index contributed by atoms with van der Waals surface area (Å²) in [6, 6.07) is 0.371. The van der Waals surface area contributed by atoms with E-state index >= 15 is 0 Å². The van der Waals surface area contributed by atoms with Gasteiger partial charge in [-0.1, -0.05) is 24.4 Å². The Hall–Kier alpha value is -1.82. The van der Waals surface area contributed by atoms with E-state index in [0.717, 1.165) is 24.2 Å². The van der Waals surface area contributed by atoms with Gasteiger partial charge in [-0.3, -0.25) is 9.48 Å². The minimum atomic E-state index is -0.261. The summed E-state index contributed by atoms with van der Waals surface area (Å²) >= 11 is 6.02. The van der Waals surface area contributed by atoms with E-state index < -0.39 is 0 Å². The summed E-state index contributed by atoms with van der Waals surface area (Å²) in [5, 5.41) is 11.7. The maximum Gasteiger partial charge on any atom is 0.276 e. The Kier molecular flexibility index (Phi) is 3.71. The van der Waals surface area contributed by atoms with Gasteiger partial charge in [0.05, 0.1) is 23.5 Å². The molecule has 2 heterocycles. The topological polar surface area (TPSA) is 64.7 Å². The van der Waals surface area contributed by atoms with Crippen molar-refractivity contribution in [2.24, 2.45) is 7.05 Å². The van der Waals surface area contributed by atoms with E-state index in [1.807, 2.05) is 11.6 Å². The molecule has 1 aliphatic rings. The van der Waals surface area contributed by atoms with Gasteiger partial charge in [-0.2, -0.15) is 10.2 Å². The molecular formula is C14H18ClN5O. The third-order valence-electron chi connectivity index (χ3n) is 3.99. The second-order valence-electron chi connectivity index (χ2n) is 5.48. The number of anilines is 1. The molecule has 1 N–H and O–H groups in total. The highest BCUT2D eigenvalue weighted by Crippen LogP contribution is 2.32. The van der Waals surface area contributed by atoms with Crippen LogP contribution in [0.5, 0.6) is 0 Å². The number of hydrogen-bond donors (Lipinski definition) is 1. The monoisotopic (exact) mass is 307 g/mol. The number of rotatable bonds is 3. The van der Waals surface area contributed by atoms with E-state index in [2.05, 4.69) is 15.5 Å². The number of nitrogens with one attached hydrogen (secondary N) is 1. The Balaban J connectivity index is 1.88. The Bertz CT molecular complexity index is 649. The minimum Gasteiger partial charge on any atom is -0.305 e. The number of carbonyl (C=O) groups is 1. The van der Waals surface area contributed by atoms with Crippen LogP contribution in [-0.2, 0) is 7.05 Å². The summed E-state index contributed by atoms with van der Waals surface area (Å²) in [5.41, 5.74) is 1.31. The van der Waals surface area contributed by atoms with E-state index in [-0.39, 0.29) is 5.91 Å². The van der Waals surface area contributed by atoms with Crippen LogP contribution in [0.2, 0.25) is 5.02 Å². The first-order valence-corrected chi connectivity index (χ1v) is 7.48. The first-order valence-electron chi connectivity index (χ1n) is 7.11. The van der Waals surface area contributed by atoms with Crippen molar-refractivity contribution in [3.8, 4) is 0 Å². The Morgan fingerprint density at radius 2 is 2.05 bits per heavy atom. The quantitative estimate of drug-likeness (QED) is 0.948. The molecule has 2 aromatic heterocycles. The normalized spacial score (nSPS) is 15.6. The predicted octanol–water partition coefficient (Wildman–Crippen LogP) is 2.95. The summed E-state index contributed by atoms with van der Waals surface area (Å²) in [6.07, 6.45) is 7.90. The van der Waals surface area contributed by atoms with Gasteiger partial charge in [0.2, 0.25) is 0 Å². The highest BCUT2D eigenvalue weighted by molar-refractivity contribution is 6.34. The van der Waals surface area contributed by atoms with Crippen LogP contribution in [0.25, 0.3) is 0 Å². The molecule has 0 spiro atoms. The van der Waals surface area contributed by atoms with E-state index in [0.29, 0.717) is 16.8 Å². The molecule has 112 valence electrons. The predicted molar refractivity (Wildman–Crippen MR) is 80.6 cm³/mol. The molecule has 0 atom stereocenters. The fourth-order valence-electron chi connectivity index (χ4n) is 2.86. The van der Waals surface area contributed by atoms with Crippen LogP contribution in [0.4, 0.5) is 5.82 Å². The van der Waals surface area contributed by atoms with Gasteiger partial charge < -0.3 is 5.32 Å². The average molecular weight is 308 g/mol. The maximum atomic E-state index is 12.4. The van der Waals surface area contributed by atoms with E-state index in [1.165, 1.54) is 23.7 Å². The lowest BCUT2D eigenvalue weighted by atomic mass is 10.2. The molecule has 21 heavy (non-hydrogen) atoms. The molecular weight excluding hydrogens is 290 g/mol. The number of hydrogen-bond acceptors (Lipinski definition) is 3.